The van der Waals surface area contributed by atoms with Crippen LogP contribution in [0.3, 0.4) is 0 Å². The second-order valence-corrected chi connectivity index (χ2v) is 2.81. The molecule has 2 heterocycles. The van der Waals surface area contributed by atoms with Gasteiger partial charge in [0, 0.05) is 11.8 Å². The molecule has 2 aromatic rings. The molecule has 0 radical (unpaired) electrons. The van der Waals surface area contributed by atoms with Gasteiger partial charge in [-0.25, -0.2) is 9.97 Å². The zero-order valence-electron chi connectivity index (χ0n) is 7.48. The second kappa shape index (κ2) is 2.97. The molecule has 4 nitrogen and oxygen atoms in total. The molecule has 4 heteroatoms. The first-order valence-electron chi connectivity index (χ1n) is 3.98. The van der Waals surface area contributed by atoms with Crippen LogP contribution < -0.4 is 0 Å². The van der Waals surface area contributed by atoms with Gasteiger partial charge in [0.05, 0.1) is 5.69 Å². The van der Waals surface area contributed by atoms with Crippen LogP contribution in [-0.2, 0) is 0 Å². The van der Waals surface area contributed by atoms with Crippen molar-refractivity contribution in [1.29, 1.82) is 0 Å². The fraction of sp³-hybridized carbons (Fsp3) is 0.222. The molecule has 0 atom stereocenters. The van der Waals surface area contributed by atoms with E-state index in [-0.39, 0.29) is 0 Å². The lowest BCUT2D eigenvalue weighted by Gasteiger charge is -1.93. The summed E-state index contributed by atoms with van der Waals surface area (Å²) in [5.74, 6) is 0.827. The fourth-order valence-corrected chi connectivity index (χ4v) is 1.09. The highest BCUT2D eigenvalue weighted by molar-refractivity contribution is 5.57. The molecule has 0 bridgehead atoms. The third kappa shape index (κ3) is 1.30. The van der Waals surface area contributed by atoms with Gasteiger partial charge in [-0.15, -0.1) is 0 Å². The molecule has 2 aromatic heterocycles. The molecule has 0 aliphatic rings. The maximum Gasteiger partial charge on any atom is 0.137 e. The Kier molecular flexibility index (Phi) is 1.81. The number of nitrogens with zero attached hydrogens (tertiary/aromatic N) is 3. The number of rotatable bonds is 1. The average Bonchev–Trinajstić information content (AvgIpc) is 2.49. The maximum absolute atomic E-state index is 5.04. The van der Waals surface area contributed by atoms with Crippen molar-refractivity contribution in [2.75, 3.05) is 0 Å². The highest BCUT2D eigenvalue weighted by Gasteiger charge is 2.10. The minimum atomic E-state index is 0.792. The van der Waals surface area contributed by atoms with Crippen molar-refractivity contribution in [3.8, 4) is 11.4 Å². The predicted molar refractivity (Wildman–Crippen MR) is 47.0 cm³/mol. The Bertz CT molecular complexity index is 408. The van der Waals surface area contributed by atoms with Crippen molar-refractivity contribution >= 4 is 0 Å². The first kappa shape index (κ1) is 7.91. The standard InChI is InChI=1S/C9H9N3O/c1-6-7(2)13-12-9(6)8-3-4-10-5-11-8/h3-5H,1-2H3. The summed E-state index contributed by atoms with van der Waals surface area (Å²) in [6.07, 6.45) is 3.19. The maximum atomic E-state index is 5.04. The number of hydrogen-bond acceptors (Lipinski definition) is 4. The summed E-state index contributed by atoms with van der Waals surface area (Å²) in [4.78, 5) is 7.93. The van der Waals surface area contributed by atoms with Crippen molar-refractivity contribution < 1.29 is 4.52 Å². The summed E-state index contributed by atoms with van der Waals surface area (Å²) in [5, 5.41) is 3.92. The number of aryl methyl sites for hydroxylation is 1. The fourth-order valence-electron chi connectivity index (χ4n) is 1.09. The van der Waals surface area contributed by atoms with Crippen LogP contribution in [-0.4, -0.2) is 15.1 Å². The van der Waals surface area contributed by atoms with Crippen molar-refractivity contribution in [3.05, 3.63) is 29.9 Å². The van der Waals surface area contributed by atoms with E-state index in [9.17, 15) is 0 Å². The molecule has 2 rings (SSSR count). The van der Waals surface area contributed by atoms with Crippen LogP contribution >= 0.6 is 0 Å². The zero-order valence-corrected chi connectivity index (χ0v) is 7.48. The van der Waals surface area contributed by atoms with Gasteiger partial charge in [-0.3, -0.25) is 0 Å². The molecule has 0 unspecified atom stereocenters. The quantitative estimate of drug-likeness (QED) is 0.662. The van der Waals surface area contributed by atoms with Crippen LogP contribution in [0.1, 0.15) is 11.3 Å². The molecule has 0 aliphatic heterocycles. The predicted octanol–water partition coefficient (Wildman–Crippen LogP) is 1.75. The van der Waals surface area contributed by atoms with E-state index in [1.165, 1.54) is 6.33 Å². The van der Waals surface area contributed by atoms with Gasteiger partial charge < -0.3 is 4.52 Å². The van der Waals surface area contributed by atoms with Crippen molar-refractivity contribution in [2.24, 2.45) is 0 Å². The zero-order chi connectivity index (χ0) is 9.26. The molecule has 0 aromatic carbocycles. The Morgan fingerprint density at radius 2 is 2.15 bits per heavy atom. The lowest BCUT2D eigenvalue weighted by atomic mass is 10.2. The Hall–Kier alpha value is -1.71. The molecular weight excluding hydrogens is 166 g/mol. The van der Waals surface area contributed by atoms with Crippen molar-refractivity contribution in [1.82, 2.24) is 15.1 Å². The number of aromatic nitrogens is 3. The molecule has 0 N–H and O–H groups in total. The first-order valence-corrected chi connectivity index (χ1v) is 3.98. The summed E-state index contributed by atoms with van der Waals surface area (Å²) < 4.78 is 5.04. The molecule has 0 amide bonds. The Labute approximate surface area is 75.6 Å². The monoisotopic (exact) mass is 175 g/mol. The van der Waals surface area contributed by atoms with E-state index < -0.39 is 0 Å². The lowest BCUT2D eigenvalue weighted by Crippen LogP contribution is -1.85. The molecule has 66 valence electrons. The van der Waals surface area contributed by atoms with Crippen molar-refractivity contribution in [2.45, 2.75) is 13.8 Å². The topological polar surface area (TPSA) is 51.8 Å². The largest absolute Gasteiger partial charge is 0.361 e. The minimum absolute atomic E-state index is 0.792. The summed E-state index contributed by atoms with van der Waals surface area (Å²) in [6.45, 7) is 3.84. The molecular formula is C9H9N3O. The minimum Gasteiger partial charge on any atom is -0.361 e. The first-order chi connectivity index (χ1) is 6.29. The van der Waals surface area contributed by atoms with Crippen molar-refractivity contribution in [3.63, 3.8) is 0 Å². The highest BCUT2D eigenvalue weighted by atomic mass is 16.5. The third-order valence-electron chi connectivity index (χ3n) is 1.98. The molecule has 0 spiro atoms. The van der Waals surface area contributed by atoms with Gasteiger partial charge in [-0.2, -0.15) is 0 Å². The van der Waals surface area contributed by atoms with Crippen LogP contribution in [0.5, 0.6) is 0 Å². The van der Waals surface area contributed by atoms with Crippen LogP contribution in [0.25, 0.3) is 11.4 Å². The van der Waals surface area contributed by atoms with Gasteiger partial charge in [0.15, 0.2) is 0 Å². The summed E-state index contributed by atoms with van der Waals surface area (Å²) in [6, 6.07) is 1.81. The van der Waals surface area contributed by atoms with E-state index in [4.69, 9.17) is 4.52 Å². The average molecular weight is 175 g/mol. The van der Waals surface area contributed by atoms with E-state index in [0.717, 1.165) is 22.7 Å². The van der Waals surface area contributed by atoms with Gasteiger partial charge in [-0.05, 0) is 19.9 Å². The molecule has 0 aliphatic carbocycles. The molecule has 0 fully saturated rings. The van der Waals surface area contributed by atoms with Crippen LogP contribution in [0.15, 0.2) is 23.1 Å². The normalized spacial score (nSPS) is 10.3. The Morgan fingerprint density at radius 1 is 1.31 bits per heavy atom. The molecule has 0 saturated heterocycles. The van der Waals surface area contributed by atoms with Gasteiger partial charge in [0.1, 0.15) is 17.8 Å². The van der Waals surface area contributed by atoms with E-state index in [1.54, 1.807) is 6.20 Å². The number of hydrogen-bond donors (Lipinski definition) is 0. The van der Waals surface area contributed by atoms with E-state index in [2.05, 4.69) is 15.1 Å². The Balaban J connectivity index is 2.53. The molecule has 0 saturated carbocycles. The van der Waals surface area contributed by atoms with E-state index >= 15 is 0 Å². The summed E-state index contributed by atoms with van der Waals surface area (Å²) in [5.41, 5.74) is 2.61. The van der Waals surface area contributed by atoms with Gasteiger partial charge >= 0.3 is 0 Å². The molecule has 13 heavy (non-hydrogen) atoms. The second-order valence-electron chi connectivity index (χ2n) is 2.81. The SMILES string of the molecule is Cc1onc(-c2ccncn2)c1C. The van der Waals surface area contributed by atoms with E-state index in [1.807, 2.05) is 19.9 Å². The van der Waals surface area contributed by atoms with Crippen LogP contribution in [0.2, 0.25) is 0 Å². The van der Waals surface area contributed by atoms with Crippen LogP contribution in [0, 0.1) is 13.8 Å². The van der Waals surface area contributed by atoms with Gasteiger partial charge in [0.25, 0.3) is 0 Å². The lowest BCUT2D eigenvalue weighted by molar-refractivity contribution is 0.398. The Morgan fingerprint density at radius 3 is 2.69 bits per heavy atom. The third-order valence-corrected chi connectivity index (χ3v) is 1.98. The van der Waals surface area contributed by atoms with E-state index in [0.29, 0.717) is 0 Å². The summed E-state index contributed by atoms with van der Waals surface area (Å²) in [7, 11) is 0. The van der Waals surface area contributed by atoms with Gasteiger partial charge in [0.2, 0.25) is 0 Å². The smallest absolute Gasteiger partial charge is 0.137 e. The van der Waals surface area contributed by atoms with Gasteiger partial charge in [-0.1, -0.05) is 5.16 Å². The highest BCUT2D eigenvalue weighted by Crippen LogP contribution is 2.21. The van der Waals surface area contributed by atoms with Crippen LogP contribution in [0.4, 0.5) is 0 Å². The summed E-state index contributed by atoms with van der Waals surface area (Å²) >= 11 is 0.